The molecule has 1 atom stereocenters. The molecule has 0 aliphatic carbocycles. The largest absolute Gasteiger partial charge is 0.416 e. The topological polar surface area (TPSA) is 52.7 Å². The van der Waals surface area contributed by atoms with E-state index in [4.69, 9.17) is 0 Å². The molecule has 11 heteroatoms. The molecule has 1 N–H and O–H groups in total. The normalized spacial score (nSPS) is 20.9. The predicted molar refractivity (Wildman–Crippen MR) is 113 cm³/mol. The molecule has 3 rings (SSSR count). The van der Waals surface area contributed by atoms with Crippen LogP contribution in [0.15, 0.2) is 18.2 Å². The molecule has 34 heavy (non-hydrogen) atoms. The SMILES string of the molecule is CC1CCCN(CC(=O)N2CCC(CNC(=O)c3cc(C(F)(F)F)cc(C(F)(F)F)c3)CC2)C1. The summed E-state index contributed by atoms with van der Waals surface area (Å²) in [6.07, 6.45) is -6.59. The number of nitrogens with zero attached hydrogens (tertiary/aromatic N) is 2. The van der Waals surface area contributed by atoms with E-state index in [0.29, 0.717) is 50.5 Å². The molecule has 2 saturated heterocycles. The summed E-state index contributed by atoms with van der Waals surface area (Å²) in [5.41, 5.74) is -3.74. The van der Waals surface area contributed by atoms with Crippen molar-refractivity contribution in [2.45, 2.75) is 45.0 Å². The lowest BCUT2D eigenvalue weighted by Crippen LogP contribution is -2.47. The molecule has 1 aromatic carbocycles. The third-order valence-electron chi connectivity index (χ3n) is 6.47. The van der Waals surface area contributed by atoms with E-state index in [2.05, 4.69) is 17.1 Å². The van der Waals surface area contributed by atoms with Crippen molar-refractivity contribution >= 4 is 11.8 Å². The second-order valence-corrected chi connectivity index (χ2v) is 9.31. The molecule has 0 saturated carbocycles. The summed E-state index contributed by atoms with van der Waals surface area (Å²) >= 11 is 0. The Morgan fingerprint density at radius 1 is 0.941 bits per heavy atom. The molecular formula is C23H29F6N3O2. The van der Waals surface area contributed by atoms with Crippen LogP contribution in [-0.4, -0.2) is 60.9 Å². The Bertz CT molecular complexity index is 846. The number of halogens is 6. The smallest absolute Gasteiger partial charge is 0.352 e. The van der Waals surface area contributed by atoms with Gasteiger partial charge in [0.15, 0.2) is 0 Å². The van der Waals surface area contributed by atoms with Crippen LogP contribution < -0.4 is 5.32 Å². The lowest BCUT2D eigenvalue weighted by Gasteiger charge is -2.35. The number of likely N-dealkylation sites (tertiary alicyclic amines) is 2. The van der Waals surface area contributed by atoms with Crippen LogP contribution >= 0.6 is 0 Å². The Morgan fingerprint density at radius 2 is 1.53 bits per heavy atom. The van der Waals surface area contributed by atoms with E-state index in [9.17, 15) is 35.9 Å². The molecule has 2 amide bonds. The molecule has 0 radical (unpaired) electrons. The van der Waals surface area contributed by atoms with E-state index in [0.717, 1.165) is 19.5 Å². The zero-order chi connectivity index (χ0) is 25.1. The predicted octanol–water partition coefficient (Wildman–Crippen LogP) is 4.42. The molecule has 0 aromatic heterocycles. The summed E-state index contributed by atoms with van der Waals surface area (Å²) in [5, 5.41) is 2.46. The van der Waals surface area contributed by atoms with Gasteiger partial charge in [0.1, 0.15) is 0 Å². The summed E-state index contributed by atoms with van der Waals surface area (Å²) in [7, 11) is 0. The number of piperidine rings is 2. The van der Waals surface area contributed by atoms with Crippen LogP contribution in [0.2, 0.25) is 0 Å². The highest BCUT2D eigenvalue weighted by Crippen LogP contribution is 2.36. The number of carbonyl (C=O) groups excluding carboxylic acids is 2. The van der Waals surface area contributed by atoms with Crippen LogP contribution in [0.1, 0.15) is 54.1 Å². The van der Waals surface area contributed by atoms with Crippen molar-refractivity contribution in [2.24, 2.45) is 11.8 Å². The molecule has 0 bridgehead atoms. The molecule has 1 aromatic rings. The molecular weight excluding hydrogens is 464 g/mol. The highest BCUT2D eigenvalue weighted by atomic mass is 19.4. The maximum absolute atomic E-state index is 13.0. The van der Waals surface area contributed by atoms with E-state index in [1.165, 1.54) is 6.42 Å². The minimum absolute atomic E-state index is 0.00589. The van der Waals surface area contributed by atoms with Crippen molar-refractivity contribution in [3.8, 4) is 0 Å². The van der Waals surface area contributed by atoms with Crippen molar-refractivity contribution in [2.75, 3.05) is 39.3 Å². The third-order valence-corrected chi connectivity index (χ3v) is 6.47. The molecule has 2 heterocycles. The van der Waals surface area contributed by atoms with Crippen LogP contribution in [0.25, 0.3) is 0 Å². The number of amides is 2. The van der Waals surface area contributed by atoms with Gasteiger partial charge in [-0.2, -0.15) is 26.3 Å². The second kappa shape index (κ2) is 10.5. The Kier molecular flexibility index (Phi) is 8.15. The monoisotopic (exact) mass is 493 g/mol. The highest BCUT2D eigenvalue weighted by molar-refractivity contribution is 5.94. The van der Waals surface area contributed by atoms with Gasteiger partial charge in [-0.1, -0.05) is 6.92 Å². The zero-order valence-electron chi connectivity index (χ0n) is 18.9. The molecule has 2 aliphatic heterocycles. The van der Waals surface area contributed by atoms with Crippen LogP contribution in [-0.2, 0) is 17.1 Å². The Morgan fingerprint density at radius 3 is 2.06 bits per heavy atom. The first-order valence-corrected chi connectivity index (χ1v) is 11.4. The fourth-order valence-electron chi connectivity index (χ4n) is 4.53. The van der Waals surface area contributed by atoms with Gasteiger partial charge in [0.05, 0.1) is 17.7 Å². The van der Waals surface area contributed by atoms with E-state index < -0.39 is 35.0 Å². The number of nitrogens with one attached hydrogen (secondary N) is 1. The molecule has 2 fully saturated rings. The fourth-order valence-corrected chi connectivity index (χ4v) is 4.53. The number of rotatable bonds is 5. The second-order valence-electron chi connectivity index (χ2n) is 9.31. The number of carbonyl (C=O) groups is 2. The molecule has 1 unspecified atom stereocenters. The maximum atomic E-state index is 13.0. The van der Waals surface area contributed by atoms with Crippen molar-refractivity contribution in [3.05, 3.63) is 34.9 Å². The fraction of sp³-hybridized carbons (Fsp3) is 0.652. The van der Waals surface area contributed by atoms with Crippen LogP contribution in [0.3, 0.4) is 0 Å². The number of hydrogen-bond acceptors (Lipinski definition) is 3. The minimum Gasteiger partial charge on any atom is -0.352 e. The first kappa shape index (κ1) is 26.3. The first-order valence-electron chi connectivity index (χ1n) is 11.4. The van der Waals surface area contributed by atoms with Gasteiger partial charge in [0.2, 0.25) is 5.91 Å². The van der Waals surface area contributed by atoms with Crippen molar-refractivity contribution < 1.29 is 35.9 Å². The van der Waals surface area contributed by atoms with E-state index in [1.54, 1.807) is 4.90 Å². The zero-order valence-corrected chi connectivity index (χ0v) is 18.9. The maximum Gasteiger partial charge on any atom is 0.416 e. The number of benzene rings is 1. The van der Waals surface area contributed by atoms with E-state index in [1.807, 2.05) is 0 Å². The van der Waals surface area contributed by atoms with Crippen LogP contribution in [0.4, 0.5) is 26.3 Å². The molecule has 2 aliphatic rings. The van der Waals surface area contributed by atoms with Gasteiger partial charge in [-0.25, -0.2) is 0 Å². The molecule has 0 spiro atoms. The van der Waals surface area contributed by atoms with Crippen LogP contribution in [0, 0.1) is 11.8 Å². The average molecular weight is 493 g/mol. The summed E-state index contributed by atoms with van der Waals surface area (Å²) in [4.78, 5) is 28.9. The van der Waals surface area contributed by atoms with E-state index in [-0.39, 0.29) is 24.4 Å². The highest BCUT2D eigenvalue weighted by Gasteiger charge is 2.37. The number of alkyl halides is 6. The molecule has 5 nitrogen and oxygen atoms in total. The summed E-state index contributed by atoms with van der Waals surface area (Å²) in [6, 6.07) is 0.842. The van der Waals surface area contributed by atoms with Gasteiger partial charge in [-0.15, -0.1) is 0 Å². The van der Waals surface area contributed by atoms with Gasteiger partial charge in [0.25, 0.3) is 5.91 Å². The first-order chi connectivity index (χ1) is 15.8. The van der Waals surface area contributed by atoms with Gasteiger partial charge in [0, 0.05) is 31.7 Å². The van der Waals surface area contributed by atoms with Gasteiger partial charge in [-0.3, -0.25) is 14.5 Å². The van der Waals surface area contributed by atoms with E-state index >= 15 is 0 Å². The quantitative estimate of drug-likeness (QED) is 0.618. The Balaban J connectivity index is 1.52. The van der Waals surface area contributed by atoms with Crippen molar-refractivity contribution in [1.82, 2.24) is 15.1 Å². The lowest BCUT2D eigenvalue weighted by molar-refractivity contribution is -0.143. The van der Waals surface area contributed by atoms with Crippen molar-refractivity contribution in [1.29, 1.82) is 0 Å². The van der Waals surface area contributed by atoms with Gasteiger partial charge >= 0.3 is 12.4 Å². The van der Waals surface area contributed by atoms with Gasteiger partial charge in [-0.05, 0) is 62.3 Å². The Labute approximate surface area is 194 Å². The molecule has 190 valence electrons. The lowest BCUT2D eigenvalue weighted by atomic mass is 9.96. The minimum atomic E-state index is -5.01. The van der Waals surface area contributed by atoms with Gasteiger partial charge < -0.3 is 10.2 Å². The van der Waals surface area contributed by atoms with Crippen molar-refractivity contribution in [3.63, 3.8) is 0 Å². The number of hydrogen-bond donors (Lipinski definition) is 1. The third kappa shape index (κ3) is 7.10. The summed E-state index contributed by atoms with van der Waals surface area (Å²) < 4.78 is 78.1. The summed E-state index contributed by atoms with van der Waals surface area (Å²) in [5.74, 6) is -0.384. The standard InChI is InChI=1S/C23H29F6N3O2/c1-15-3-2-6-31(13-15)14-20(33)32-7-4-16(5-8-32)12-30-21(34)17-9-18(22(24,25)26)11-19(10-17)23(27,28)29/h9-11,15-16H,2-8,12-14H2,1H3,(H,30,34). The Hall–Kier alpha value is -2.30. The average Bonchev–Trinajstić information content (AvgIpc) is 2.76. The van der Waals surface area contributed by atoms with Crippen LogP contribution in [0.5, 0.6) is 0 Å². The summed E-state index contributed by atoms with van der Waals surface area (Å²) in [6.45, 7) is 5.48.